The predicted molar refractivity (Wildman–Crippen MR) is 116 cm³/mol. The highest BCUT2D eigenvalue weighted by molar-refractivity contribution is 8.14. The zero-order valence-corrected chi connectivity index (χ0v) is 16.7. The molecule has 0 saturated carbocycles. The maximum absolute atomic E-state index is 4.68. The summed E-state index contributed by atoms with van der Waals surface area (Å²) in [7, 11) is 4.24. The van der Waals surface area contributed by atoms with Crippen molar-refractivity contribution >= 4 is 38.7 Å². The van der Waals surface area contributed by atoms with E-state index in [-0.39, 0.29) is 0 Å². The zero-order chi connectivity index (χ0) is 18.6. The van der Waals surface area contributed by atoms with E-state index in [0.717, 1.165) is 53.1 Å². The van der Waals surface area contributed by atoms with Crippen LogP contribution in [0.5, 0.6) is 0 Å². The summed E-state index contributed by atoms with van der Waals surface area (Å²) in [6, 6.07) is 17.0. The number of fused-ring (bicyclic) bond motifs is 2. The Morgan fingerprint density at radius 1 is 1.00 bits per heavy atom. The van der Waals surface area contributed by atoms with Gasteiger partial charge in [0.1, 0.15) is 5.36 Å². The summed E-state index contributed by atoms with van der Waals surface area (Å²) < 4.78 is 2.42. The van der Waals surface area contributed by atoms with Crippen LogP contribution in [0.1, 0.15) is 6.42 Å². The summed E-state index contributed by atoms with van der Waals surface area (Å²) in [5, 5.41) is 16.6. The first-order valence-corrected chi connectivity index (χ1v) is 10.4. The standard InChI is InChI=1S/C21H25N5S/c1-25(2)13-7-14-26-18-10-5-3-8-16(18)20(17-9-4-6-11-19(17)26)23-24-21-22-12-15-27-21/h3-6,8-11H,7,12-15H2,1-2H3,(H,22,24). The Bertz CT molecular complexity index is 983. The topological polar surface area (TPSA) is 44.9 Å². The number of nitrogens with zero attached hydrogens (tertiary/aromatic N) is 4. The van der Waals surface area contributed by atoms with Crippen molar-refractivity contribution in [3.05, 3.63) is 53.9 Å². The number of amidine groups is 1. The SMILES string of the molecule is CN(C)CCCn1c2ccccc2c(=NN=C2NCCS2)c2ccccc21. The van der Waals surface area contributed by atoms with Gasteiger partial charge in [-0.15, -0.1) is 10.2 Å². The monoisotopic (exact) mass is 379 g/mol. The van der Waals surface area contributed by atoms with Crippen molar-refractivity contribution in [2.24, 2.45) is 10.2 Å². The van der Waals surface area contributed by atoms with Gasteiger partial charge < -0.3 is 14.8 Å². The molecule has 2 aromatic carbocycles. The molecule has 0 spiro atoms. The number of thioether (sulfide) groups is 1. The number of para-hydroxylation sites is 2. The molecule has 1 N–H and O–H groups in total. The fraction of sp³-hybridized carbons (Fsp3) is 0.333. The molecule has 3 aromatic rings. The molecule has 0 aliphatic carbocycles. The summed E-state index contributed by atoms with van der Waals surface area (Å²) >= 11 is 1.72. The maximum Gasteiger partial charge on any atom is 0.183 e. The Kier molecular flexibility index (Phi) is 5.45. The number of aromatic nitrogens is 1. The average molecular weight is 380 g/mol. The van der Waals surface area contributed by atoms with E-state index in [9.17, 15) is 0 Å². The van der Waals surface area contributed by atoms with Gasteiger partial charge in [-0.25, -0.2) is 0 Å². The molecule has 140 valence electrons. The molecule has 1 saturated heterocycles. The molecule has 0 amide bonds. The van der Waals surface area contributed by atoms with Gasteiger partial charge in [0, 0.05) is 29.6 Å². The number of pyridine rings is 1. The quantitative estimate of drug-likeness (QED) is 0.547. The second-order valence-corrected chi connectivity index (χ2v) is 8.06. The second-order valence-electron chi connectivity index (χ2n) is 6.97. The molecule has 6 heteroatoms. The number of benzene rings is 2. The van der Waals surface area contributed by atoms with Crippen LogP contribution in [-0.2, 0) is 6.54 Å². The van der Waals surface area contributed by atoms with Crippen molar-refractivity contribution in [1.82, 2.24) is 14.8 Å². The van der Waals surface area contributed by atoms with Gasteiger partial charge in [-0.3, -0.25) is 0 Å². The largest absolute Gasteiger partial charge is 0.362 e. The first-order valence-electron chi connectivity index (χ1n) is 9.37. The third-order valence-corrected chi connectivity index (χ3v) is 5.65. The van der Waals surface area contributed by atoms with Crippen LogP contribution < -0.4 is 10.7 Å². The van der Waals surface area contributed by atoms with Crippen molar-refractivity contribution in [2.45, 2.75) is 13.0 Å². The Labute approximate surface area is 163 Å². The number of hydrogen-bond acceptors (Lipinski definition) is 4. The van der Waals surface area contributed by atoms with E-state index in [4.69, 9.17) is 0 Å². The first kappa shape index (κ1) is 18.1. The molecule has 4 rings (SSSR count). The Morgan fingerprint density at radius 2 is 1.67 bits per heavy atom. The molecule has 2 heterocycles. The Hall–Kier alpha value is -2.31. The van der Waals surface area contributed by atoms with Crippen LogP contribution in [0, 0.1) is 0 Å². The van der Waals surface area contributed by atoms with Crippen LogP contribution in [0.25, 0.3) is 21.8 Å². The van der Waals surface area contributed by atoms with Gasteiger partial charge in [0.05, 0.1) is 11.0 Å². The third kappa shape index (κ3) is 3.87. The minimum absolute atomic E-state index is 0.908. The van der Waals surface area contributed by atoms with E-state index < -0.39 is 0 Å². The minimum Gasteiger partial charge on any atom is -0.362 e. The van der Waals surface area contributed by atoms with Crippen LogP contribution in [0.4, 0.5) is 0 Å². The lowest BCUT2D eigenvalue weighted by Crippen LogP contribution is -2.18. The molecule has 5 nitrogen and oxygen atoms in total. The fourth-order valence-corrected chi connectivity index (χ4v) is 4.20. The van der Waals surface area contributed by atoms with Crippen molar-refractivity contribution in [3.8, 4) is 0 Å². The summed E-state index contributed by atoms with van der Waals surface area (Å²) in [5.74, 6) is 1.05. The van der Waals surface area contributed by atoms with E-state index in [1.54, 1.807) is 11.8 Å². The van der Waals surface area contributed by atoms with E-state index in [1.807, 2.05) is 0 Å². The van der Waals surface area contributed by atoms with Crippen molar-refractivity contribution < 1.29 is 0 Å². The van der Waals surface area contributed by atoms with Crippen LogP contribution in [0.15, 0.2) is 58.7 Å². The summed E-state index contributed by atoms with van der Waals surface area (Å²) in [4.78, 5) is 2.23. The first-order chi connectivity index (χ1) is 13.2. The van der Waals surface area contributed by atoms with Gasteiger partial charge in [-0.2, -0.15) is 0 Å². The Morgan fingerprint density at radius 3 is 2.26 bits per heavy atom. The van der Waals surface area contributed by atoms with Crippen molar-refractivity contribution in [1.29, 1.82) is 0 Å². The molecule has 0 radical (unpaired) electrons. The number of nitrogens with one attached hydrogen (secondary N) is 1. The van der Waals surface area contributed by atoms with Gasteiger partial charge in [0.2, 0.25) is 0 Å². The van der Waals surface area contributed by atoms with Gasteiger partial charge in [0.25, 0.3) is 0 Å². The molecule has 1 aliphatic rings. The molecule has 0 atom stereocenters. The highest BCUT2D eigenvalue weighted by atomic mass is 32.2. The third-order valence-electron chi connectivity index (χ3n) is 4.74. The molecule has 1 aliphatic heterocycles. The van der Waals surface area contributed by atoms with E-state index in [0.29, 0.717) is 0 Å². The van der Waals surface area contributed by atoms with Crippen LogP contribution in [-0.4, -0.2) is 47.6 Å². The molecular formula is C21H25N5S. The molecule has 0 bridgehead atoms. The van der Waals surface area contributed by atoms with E-state index >= 15 is 0 Å². The zero-order valence-electron chi connectivity index (χ0n) is 15.9. The Balaban J connectivity index is 1.93. The molecule has 1 fully saturated rings. The minimum atomic E-state index is 0.908. The van der Waals surface area contributed by atoms with Crippen LogP contribution in [0.3, 0.4) is 0 Å². The summed E-state index contributed by atoms with van der Waals surface area (Å²) in [6.45, 7) is 3.00. The van der Waals surface area contributed by atoms with Gasteiger partial charge >= 0.3 is 0 Å². The molecule has 27 heavy (non-hydrogen) atoms. The number of hydrogen-bond donors (Lipinski definition) is 1. The smallest absolute Gasteiger partial charge is 0.183 e. The lowest BCUT2D eigenvalue weighted by Gasteiger charge is -2.17. The second kappa shape index (κ2) is 8.15. The normalized spacial score (nSPS) is 15.7. The van der Waals surface area contributed by atoms with E-state index in [1.165, 1.54) is 11.0 Å². The molecular weight excluding hydrogens is 354 g/mol. The fourth-order valence-electron chi connectivity index (χ4n) is 3.50. The van der Waals surface area contributed by atoms with Gasteiger partial charge in [-0.05, 0) is 39.2 Å². The van der Waals surface area contributed by atoms with Crippen molar-refractivity contribution in [3.63, 3.8) is 0 Å². The number of rotatable bonds is 5. The lowest BCUT2D eigenvalue weighted by molar-refractivity contribution is 0.389. The summed E-state index contributed by atoms with van der Waals surface area (Å²) in [5.41, 5.74) is 2.42. The van der Waals surface area contributed by atoms with Crippen molar-refractivity contribution in [2.75, 3.05) is 32.9 Å². The molecule has 0 unspecified atom stereocenters. The number of aryl methyl sites for hydroxylation is 1. The molecule has 1 aromatic heterocycles. The maximum atomic E-state index is 4.68. The highest BCUT2D eigenvalue weighted by Gasteiger charge is 2.10. The van der Waals surface area contributed by atoms with Crippen LogP contribution >= 0.6 is 11.8 Å². The highest BCUT2D eigenvalue weighted by Crippen LogP contribution is 2.20. The lowest BCUT2D eigenvalue weighted by atomic mass is 10.1. The predicted octanol–water partition coefficient (Wildman–Crippen LogP) is 3.25. The average Bonchev–Trinajstić information content (AvgIpc) is 3.20. The summed E-state index contributed by atoms with van der Waals surface area (Å²) in [6.07, 6.45) is 1.10. The van der Waals surface area contributed by atoms with Crippen LogP contribution in [0.2, 0.25) is 0 Å². The van der Waals surface area contributed by atoms with Gasteiger partial charge in [-0.1, -0.05) is 48.2 Å². The van der Waals surface area contributed by atoms with Gasteiger partial charge in [0.15, 0.2) is 5.17 Å². The van der Waals surface area contributed by atoms with E-state index in [2.05, 4.69) is 87.6 Å².